The number of likely N-dealkylation sites (tertiary alicyclic amines) is 1. The zero-order valence-corrected chi connectivity index (χ0v) is 8.73. The fourth-order valence-electron chi connectivity index (χ4n) is 1.61. The van der Waals surface area contributed by atoms with E-state index in [4.69, 9.17) is 4.74 Å². The van der Waals surface area contributed by atoms with Gasteiger partial charge in [0, 0.05) is 30.8 Å². The maximum atomic E-state index is 11.3. The number of nitrogens with zero attached hydrogens (tertiary/aromatic N) is 1. The Hall–Kier alpha value is -1.98. The van der Waals surface area contributed by atoms with Crippen LogP contribution in [0.25, 0.3) is 0 Å². The highest BCUT2D eigenvalue weighted by molar-refractivity contribution is 5.69. The minimum atomic E-state index is -0.339. The van der Waals surface area contributed by atoms with Gasteiger partial charge >= 0.3 is 6.09 Å². The van der Waals surface area contributed by atoms with Gasteiger partial charge in [0.1, 0.15) is 6.61 Å². The van der Waals surface area contributed by atoms with Crippen molar-refractivity contribution in [2.45, 2.75) is 5.92 Å². The number of nitrogens with one attached hydrogen (secondary N) is 2. The van der Waals surface area contributed by atoms with E-state index in [1.165, 1.54) is 12.1 Å². The molecule has 1 saturated heterocycles. The maximum absolute atomic E-state index is 11.3. The molecule has 0 unspecified atom stereocenters. The minimum absolute atomic E-state index is 0.150. The van der Waals surface area contributed by atoms with Gasteiger partial charge in [-0.25, -0.2) is 4.79 Å². The van der Waals surface area contributed by atoms with Gasteiger partial charge in [-0.05, 0) is 0 Å². The number of aromatic amines is 2. The van der Waals surface area contributed by atoms with Gasteiger partial charge in [-0.2, -0.15) is 0 Å². The van der Waals surface area contributed by atoms with E-state index < -0.39 is 0 Å². The number of rotatable bonds is 3. The van der Waals surface area contributed by atoms with Crippen LogP contribution in [-0.4, -0.2) is 40.9 Å². The monoisotopic (exact) mass is 223 g/mol. The Bertz CT molecular complexity index is 442. The van der Waals surface area contributed by atoms with Gasteiger partial charge in [0.05, 0.1) is 0 Å². The van der Waals surface area contributed by atoms with Crippen LogP contribution in [0, 0.1) is 0 Å². The van der Waals surface area contributed by atoms with Crippen molar-refractivity contribution in [3.05, 3.63) is 34.8 Å². The summed E-state index contributed by atoms with van der Waals surface area (Å²) in [6, 6.07) is 1.51. The van der Waals surface area contributed by atoms with Crippen LogP contribution >= 0.6 is 0 Å². The maximum Gasteiger partial charge on any atom is 0.410 e. The largest absolute Gasteiger partial charge is 0.445 e. The normalized spacial score (nSPS) is 15.6. The molecule has 6 heteroatoms. The predicted molar refractivity (Wildman–Crippen MR) is 57.3 cm³/mol. The Morgan fingerprint density at radius 1 is 1.62 bits per heavy atom. The second-order valence-electron chi connectivity index (χ2n) is 3.68. The van der Waals surface area contributed by atoms with Crippen LogP contribution in [0.15, 0.2) is 23.5 Å². The lowest BCUT2D eigenvalue weighted by Gasteiger charge is -2.37. The Balaban J connectivity index is 1.83. The Morgan fingerprint density at radius 2 is 2.38 bits per heavy atom. The summed E-state index contributed by atoms with van der Waals surface area (Å²) in [4.78, 5) is 23.8. The van der Waals surface area contributed by atoms with Crippen molar-refractivity contribution in [2.24, 2.45) is 0 Å². The van der Waals surface area contributed by atoms with E-state index in [9.17, 15) is 9.59 Å². The molecule has 2 rings (SSSR count). The molecular weight excluding hydrogens is 210 g/mol. The molecule has 2 heterocycles. The second kappa shape index (κ2) is 4.26. The molecule has 86 valence electrons. The molecule has 0 aliphatic carbocycles. The third-order valence-corrected chi connectivity index (χ3v) is 2.52. The van der Waals surface area contributed by atoms with Crippen LogP contribution in [0.1, 0.15) is 11.6 Å². The summed E-state index contributed by atoms with van der Waals surface area (Å²) < 4.78 is 4.87. The summed E-state index contributed by atoms with van der Waals surface area (Å²) in [5.74, 6) is 0.190. The first-order valence-corrected chi connectivity index (χ1v) is 5.01. The number of hydrogen-bond acceptors (Lipinski definition) is 3. The fraction of sp³-hybridized carbons (Fsp3) is 0.400. The second-order valence-corrected chi connectivity index (χ2v) is 3.68. The van der Waals surface area contributed by atoms with Crippen molar-refractivity contribution in [2.75, 3.05) is 19.7 Å². The Morgan fingerprint density at radius 3 is 2.94 bits per heavy atom. The lowest BCUT2D eigenvalue weighted by Crippen LogP contribution is -2.48. The lowest BCUT2D eigenvalue weighted by atomic mass is 9.97. The minimum Gasteiger partial charge on any atom is -0.445 e. The Labute approximate surface area is 91.9 Å². The van der Waals surface area contributed by atoms with E-state index in [0.717, 1.165) is 5.69 Å². The summed E-state index contributed by atoms with van der Waals surface area (Å²) >= 11 is 0. The van der Waals surface area contributed by atoms with Crippen LogP contribution in [-0.2, 0) is 4.74 Å². The van der Waals surface area contributed by atoms with Gasteiger partial charge in [0.25, 0.3) is 5.56 Å². The summed E-state index contributed by atoms with van der Waals surface area (Å²) in [6.45, 7) is 4.83. The fourth-order valence-corrected chi connectivity index (χ4v) is 1.61. The van der Waals surface area contributed by atoms with Crippen LogP contribution in [0.4, 0.5) is 4.79 Å². The van der Waals surface area contributed by atoms with Crippen LogP contribution in [0.3, 0.4) is 0 Å². The predicted octanol–water partition coefficient (Wildman–Crippen LogP) is 0.425. The van der Waals surface area contributed by atoms with Gasteiger partial charge in [-0.3, -0.25) is 9.89 Å². The molecule has 1 aromatic rings. The van der Waals surface area contributed by atoms with Crippen molar-refractivity contribution in [3.63, 3.8) is 0 Å². The molecule has 1 fully saturated rings. The first-order valence-electron chi connectivity index (χ1n) is 5.01. The van der Waals surface area contributed by atoms with Gasteiger partial charge < -0.3 is 14.7 Å². The van der Waals surface area contributed by atoms with E-state index in [1.54, 1.807) is 4.90 Å². The molecule has 1 amide bonds. The summed E-state index contributed by atoms with van der Waals surface area (Å²) in [5.41, 5.74) is 0.681. The SMILES string of the molecule is C=CCOC(=O)N1CC(c2cc(=O)[nH][nH]2)C1. The number of carbonyl (C=O) groups is 1. The van der Waals surface area contributed by atoms with E-state index in [1.807, 2.05) is 0 Å². The molecule has 6 nitrogen and oxygen atoms in total. The molecule has 0 aromatic carbocycles. The number of amides is 1. The number of carbonyl (C=O) groups excluding carboxylic acids is 1. The quantitative estimate of drug-likeness (QED) is 0.729. The van der Waals surface area contributed by atoms with Gasteiger partial charge in [-0.1, -0.05) is 12.7 Å². The molecule has 0 radical (unpaired) electrons. The highest BCUT2D eigenvalue weighted by atomic mass is 16.6. The average Bonchev–Trinajstić information content (AvgIpc) is 2.59. The first kappa shape index (κ1) is 10.5. The summed E-state index contributed by atoms with van der Waals surface area (Å²) in [7, 11) is 0. The summed E-state index contributed by atoms with van der Waals surface area (Å²) in [5, 5.41) is 5.25. The molecular formula is C10H13N3O3. The standard InChI is InChI=1S/C10H13N3O3/c1-2-3-16-10(15)13-5-7(6-13)8-4-9(14)12-11-8/h2,4,7H,1,3,5-6H2,(H2,11,12,14). The number of aromatic nitrogens is 2. The molecule has 1 aliphatic heterocycles. The van der Waals surface area contributed by atoms with Crippen molar-refractivity contribution in [3.8, 4) is 0 Å². The smallest absolute Gasteiger partial charge is 0.410 e. The van der Waals surface area contributed by atoms with Crippen molar-refractivity contribution in [1.82, 2.24) is 15.1 Å². The van der Waals surface area contributed by atoms with Crippen molar-refractivity contribution >= 4 is 6.09 Å². The molecule has 0 saturated carbocycles. The molecule has 1 aromatic heterocycles. The highest BCUT2D eigenvalue weighted by Crippen LogP contribution is 2.24. The third kappa shape index (κ3) is 2.00. The van der Waals surface area contributed by atoms with Crippen LogP contribution < -0.4 is 5.56 Å². The van der Waals surface area contributed by atoms with Gasteiger partial charge in [0.2, 0.25) is 0 Å². The van der Waals surface area contributed by atoms with E-state index in [0.29, 0.717) is 13.1 Å². The lowest BCUT2D eigenvalue weighted by molar-refractivity contribution is 0.0784. The summed E-state index contributed by atoms with van der Waals surface area (Å²) in [6.07, 6.45) is 1.19. The molecule has 0 spiro atoms. The van der Waals surface area contributed by atoms with Crippen LogP contribution in [0.2, 0.25) is 0 Å². The average molecular weight is 223 g/mol. The highest BCUT2D eigenvalue weighted by Gasteiger charge is 2.33. The van der Waals surface area contributed by atoms with Crippen LogP contribution in [0.5, 0.6) is 0 Å². The van der Waals surface area contributed by atoms with E-state index in [2.05, 4.69) is 16.8 Å². The molecule has 1 aliphatic rings. The Kier molecular flexibility index (Phi) is 2.80. The van der Waals surface area contributed by atoms with E-state index in [-0.39, 0.29) is 24.2 Å². The number of H-pyrrole nitrogens is 2. The molecule has 0 atom stereocenters. The van der Waals surface area contributed by atoms with Gasteiger partial charge in [-0.15, -0.1) is 0 Å². The van der Waals surface area contributed by atoms with Crippen molar-refractivity contribution < 1.29 is 9.53 Å². The zero-order chi connectivity index (χ0) is 11.5. The third-order valence-electron chi connectivity index (χ3n) is 2.52. The van der Waals surface area contributed by atoms with Crippen molar-refractivity contribution in [1.29, 1.82) is 0 Å². The molecule has 16 heavy (non-hydrogen) atoms. The number of ether oxygens (including phenoxy) is 1. The number of hydrogen-bond donors (Lipinski definition) is 2. The zero-order valence-electron chi connectivity index (χ0n) is 8.73. The molecule has 2 N–H and O–H groups in total. The first-order chi connectivity index (χ1) is 7.70. The van der Waals surface area contributed by atoms with E-state index >= 15 is 0 Å². The van der Waals surface area contributed by atoms with Gasteiger partial charge in [0.15, 0.2) is 0 Å². The molecule has 0 bridgehead atoms. The topological polar surface area (TPSA) is 78.2 Å².